The lowest BCUT2D eigenvalue weighted by atomic mass is 9.98. The number of aromatic amines is 1. The molecule has 3 heterocycles. The van der Waals surface area contributed by atoms with Crippen LogP contribution >= 0.6 is 0 Å². The zero-order chi connectivity index (χ0) is 10.4. The summed E-state index contributed by atoms with van der Waals surface area (Å²) in [5, 5.41) is 3.55. The second kappa shape index (κ2) is 3.17. The van der Waals surface area contributed by atoms with Crippen molar-refractivity contribution >= 4 is 0 Å². The number of aromatic nitrogens is 2. The van der Waals surface area contributed by atoms with E-state index in [1.54, 1.807) is 0 Å². The first-order valence-electron chi connectivity index (χ1n) is 5.57. The van der Waals surface area contributed by atoms with Gasteiger partial charge >= 0.3 is 0 Å². The summed E-state index contributed by atoms with van der Waals surface area (Å²) < 4.78 is 0. The van der Waals surface area contributed by atoms with Gasteiger partial charge in [-0.05, 0) is 26.2 Å². The fraction of sp³-hybridized carbons (Fsp3) is 0.636. The van der Waals surface area contributed by atoms with Crippen molar-refractivity contribution in [2.24, 2.45) is 0 Å². The van der Waals surface area contributed by atoms with E-state index in [2.05, 4.69) is 15.3 Å². The standard InChI is InChI=1S/C11H15N3O/c1-6-12-10-5-8-3-2-7(14-8)4-9(10)11(15)13-6/h7-8,14H,2-5H2,1H3,(H,12,13,15). The third kappa shape index (κ3) is 1.49. The van der Waals surface area contributed by atoms with E-state index in [0.29, 0.717) is 12.1 Å². The van der Waals surface area contributed by atoms with E-state index >= 15 is 0 Å². The Labute approximate surface area is 88.1 Å². The van der Waals surface area contributed by atoms with Crippen molar-refractivity contribution in [3.8, 4) is 0 Å². The van der Waals surface area contributed by atoms with Gasteiger partial charge in [-0.15, -0.1) is 0 Å². The average Bonchev–Trinajstić information content (AvgIpc) is 2.48. The smallest absolute Gasteiger partial charge is 0.254 e. The number of rotatable bonds is 0. The van der Waals surface area contributed by atoms with Gasteiger partial charge in [-0.3, -0.25) is 4.79 Å². The molecule has 2 aliphatic rings. The molecule has 0 radical (unpaired) electrons. The average molecular weight is 205 g/mol. The summed E-state index contributed by atoms with van der Waals surface area (Å²) in [5.41, 5.74) is 1.98. The summed E-state index contributed by atoms with van der Waals surface area (Å²) in [6.07, 6.45) is 4.17. The van der Waals surface area contributed by atoms with Crippen molar-refractivity contribution in [3.05, 3.63) is 27.4 Å². The molecular weight excluding hydrogens is 190 g/mol. The molecule has 2 N–H and O–H groups in total. The second-order valence-electron chi connectivity index (χ2n) is 4.62. The van der Waals surface area contributed by atoms with Gasteiger partial charge in [-0.2, -0.15) is 0 Å². The molecule has 4 heteroatoms. The lowest BCUT2D eigenvalue weighted by Crippen LogP contribution is -2.29. The molecule has 2 aliphatic heterocycles. The number of fused-ring (bicyclic) bond motifs is 3. The van der Waals surface area contributed by atoms with Gasteiger partial charge in [-0.25, -0.2) is 4.98 Å². The molecule has 3 rings (SSSR count). The van der Waals surface area contributed by atoms with Gasteiger partial charge in [0.1, 0.15) is 5.82 Å². The van der Waals surface area contributed by atoms with E-state index in [1.807, 2.05) is 6.92 Å². The van der Waals surface area contributed by atoms with Crippen LogP contribution in [-0.4, -0.2) is 22.1 Å². The molecule has 1 aromatic heterocycles. The predicted molar refractivity (Wildman–Crippen MR) is 56.9 cm³/mol. The first kappa shape index (κ1) is 9.09. The number of nitrogens with zero attached hydrogens (tertiary/aromatic N) is 1. The summed E-state index contributed by atoms with van der Waals surface area (Å²) in [4.78, 5) is 19.0. The predicted octanol–water partition coefficient (Wildman–Crippen LogP) is 0.298. The Morgan fingerprint density at radius 1 is 1.27 bits per heavy atom. The molecule has 0 aromatic carbocycles. The van der Waals surface area contributed by atoms with Gasteiger partial charge < -0.3 is 10.3 Å². The summed E-state index contributed by atoms with van der Waals surface area (Å²) in [6.45, 7) is 1.85. The molecule has 0 saturated carbocycles. The highest BCUT2D eigenvalue weighted by atomic mass is 16.1. The molecule has 4 nitrogen and oxygen atoms in total. The number of nitrogens with one attached hydrogen (secondary N) is 2. The minimum absolute atomic E-state index is 0.0619. The van der Waals surface area contributed by atoms with Crippen LogP contribution in [-0.2, 0) is 12.8 Å². The van der Waals surface area contributed by atoms with Crippen LogP contribution < -0.4 is 10.9 Å². The Morgan fingerprint density at radius 2 is 2.00 bits per heavy atom. The summed E-state index contributed by atoms with van der Waals surface area (Å²) in [6, 6.07) is 1.02. The van der Waals surface area contributed by atoms with Gasteiger partial charge in [0.2, 0.25) is 0 Å². The van der Waals surface area contributed by atoms with Crippen LogP contribution in [0.4, 0.5) is 0 Å². The van der Waals surface area contributed by atoms with Crippen molar-refractivity contribution < 1.29 is 0 Å². The van der Waals surface area contributed by atoms with Gasteiger partial charge in [0, 0.05) is 24.1 Å². The minimum atomic E-state index is 0.0619. The van der Waals surface area contributed by atoms with E-state index in [1.165, 1.54) is 12.8 Å². The van der Waals surface area contributed by atoms with E-state index in [-0.39, 0.29) is 5.56 Å². The van der Waals surface area contributed by atoms with Crippen molar-refractivity contribution in [1.29, 1.82) is 0 Å². The molecule has 0 amide bonds. The highest BCUT2D eigenvalue weighted by molar-refractivity contribution is 5.23. The normalized spacial score (nSPS) is 28.6. The lowest BCUT2D eigenvalue weighted by Gasteiger charge is -2.10. The Kier molecular flexibility index (Phi) is 1.92. The second-order valence-corrected chi connectivity index (χ2v) is 4.62. The summed E-state index contributed by atoms with van der Waals surface area (Å²) >= 11 is 0. The van der Waals surface area contributed by atoms with Crippen molar-refractivity contribution in [1.82, 2.24) is 15.3 Å². The molecule has 1 aromatic rings. The minimum Gasteiger partial charge on any atom is -0.311 e. The quantitative estimate of drug-likeness (QED) is 0.640. The first-order valence-corrected chi connectivity index (χ1v) is 5.57. The highest BCUT2D eigenvalue weighted by Gasteiger charge is 2.30. The molecule has 2 bridgehead atoms. The lowest BCUT2D eigenvalue weighted by molar-refractivity contribution is 0.552. The molecule has 80 valence electrons. The topological polar surface area (TPSA) is 57.8 Å². The highest BCUT2D eigenvalue weighted by Crippen LogP contribution is 2.23. The molecule has 0 spiro atoms. The zero-order valence-corrected chi connectivity index (χ0v) is 8.84. The number of hydrogen-bond donors (Lipinski definition) is 2. The van der Waals surface area contributed by atoms with Crippen molar-refractivity contribution in [2.75, 3.05) is 0 Å². The van der Waals surface area contributed by atoms with Crippen LogP contribution in [0.15, 0.2) is 4.79 Å². The Bertz CT molecular complexity index is 452. The van der Waals surface area contributed by atoms with Gasteiger partial charge in [0.05, 0.1) is 5.69 Å². The molecule has 15 heavy (non-hydrogen) atoms. The van der Waals surface area contributed by atoms with Gasteiger partial charge in [-0.1, -0.05) is 0 Å². The van der Waals surface area contributed by atoms with Crippen molar-refractivity contribution in [3.63, 3.8) is 0 Å². The third-order valence-electron chi connectivity index (χ3n) is 3.44. The number of hydrogen-bond acceptors (Lipinski definition) is 3. The Balaban J connectivity index is 2.12. The van der Waals surface area contributed by atoms with Crippen LogP contribution in [0.2, 0.25) is 0 Å². The van der Waals surface area contributed by atoms with Gasteiger partial charge in [0.25, 0.3) is 5.56 Å². The maximum atomic E-state index is 11.8. The maximum absolute atomic E-state index is 11.8. The monoisotopic (exact) mass is 205 g/mol. The molecular formula is C11H15N3O. The molecule has 1 saturated heterocycles. The molecule has 1 fully saturated rings. The van der Waals surface area contributed by atoms with E-state index in [9.17, 15) is 4.79 Å². The summed E-state index contributed by atoms with van der Waals surface area (Å²) in [7, 11) is 0. The summed E-state index contributed by atoms with van der Waals surface area (Å²) in [5.74, 6) is 0.733. The Hall–Kier alpha value is -1.16. The van der Waals surface area contributed by atoms with Crippen molar-refractivity contribution in [2.45, 2.75) is 44.7 Å². The van der Waals surface area contributed by atoms with Crippen LogP contribution in [0, 0.1) is 6.92 Å². The molecule has 2 unspecified atom stereocenters. The number of H-pyrrole nitrogens is 1. The Morgan fingerprint density at radius 3 is 2.80 bits per heavy atom. The van der Waals surface area contributed by atoms with Crippen LogP contribution in [0.3, 0.4) is 0 Å². The van der Waals surface area contributed by atoms with Crippen LogP contribution in [0.25, 0.3) is 0 Å². The van der Waals surface area contributed by atoms with Crippen LogP contribution in [0.5, 0.6) is 0 Å². The maximum Gasteiger partial charge on any atom is 0.254 e. The van der Waals surface area contributed by atoms with E-state index in [0.717, 1.165) is 29.9 Å². The SMILES string of the molecule is Cc1nc2c(c(=O)[nH]1)CC1CCC(C2)N1. The zero-order valence-electron chi connectivity index (χ0n) is 8.84. The van der Waals surface area contributed by atoms with E-state index < -0.39 is 0 Å². The fourth-order valence-electron chi connectivity index (χ4n) is 2.75. The third-order valence-corrected chi connectivity index (χ3v) is 3.44. The largest absolute Gasteiger partial charge is 0.311 e. The molecule has 2 atom stereocenters. The first-order chi connectivity index (χ1) is 7.22. The van der Waals surface area contributed by atoms with E-state index in [4.69, 9.17) is 0 Å². The van der Waals surface area contributed by atoms with Gasteiger partial charge in [0.15, 0.2) is 0 Å². The van der Waals surface area contributed by atoms with Crippen LogP contribution in [0.1, 0.15) is 29.9 Å². The number of aryl methyl sites for hydroxylation is 1. The fourth-order valence-corrected chi connectivity index (χ4v) is 2.75. The molecule has 0 aliphatic carbocycles.